The molecule has 1 heterocycles. The minimum Gasteiger partial charge on any atom is -0.466 e. The van der Waals surface area contributed by atoms with E-state index >= 15 is 0 Å². The predicted molar refractivity (Wildman–Crippen MR) is 49.1 cm³/mol. The van der Waals surface area contributed by atoms with Gasteiger partial charge in [-0.2, -0.15) is 0 Å². The third kappa shape index (κ3) is 5.14. The number of aromatic nitrogens is 2. The van der Waals surface area contributed by atoms with Crippen LogP contribution in [0.3, 0.4) is 0 Å². The van der Waals surface area contributed by atoms with Gasteiger partial charge in [0.15, 0.2) is 0 Å². The average Bonchev–Trinajstić information content (AvgIpc) is 2.19. The number of esters is 1. The minimum atomic E-state index is -4.81. The topological polar surface area (TPSA) is 61.3 Å². The third-order valence-electron chi connectivity index (χ3n) is 1.53. The summed E-state index contributed by atoms with van der Waals surface area (Å²) in [6, 6.07) is 0. The summed E-state index contributed by atoms with van der Waals surface area (Å²) in [6.45, 7) is 1.87. The quantitative estimate of drug-likeness (QED) is 0.757. The predicted octanol–water partition coefficient (Wildman–Crippen LogP) is 1.48. The summed E-state index contributed by atoms with van der Waals surface area (Å²) in [7, 11) is 0. The van der Waals surface area contributed by atoms with Crippen molar-refractivity contribution in [3.05, 3.63) is 18.1 Å². The number of nitrogens with zero attached hydrogens (tertiary/aromatic N) is 2. The van der Waals surface area contributed by atoms with Gasteiger partial charge in [0, 0.05) is 0 Å². The van der Waals surface area contributed by atoms with E-state index in [0.717, 1.165) is 12.4 Å². The summed E-state index contributed by atoms with van der Waals surface area (Å²) < 4.78 is 43.5. The maximum absolute atomic E-state index is 11.8. The molecule has 1 rings (SSSR count). The molecule has 94 valence electrons. The number of ether oxygens (including phenoxy) is 2. The highest BCUT2D eigenvalue weighted by Crippen LogP contribution is 2.19. The first kappa shape index (κ1) is 13.2. The van der Waals surface area contributed by atoms with Crippen LogP contribution in [0.5, 0.6) is 5.88 Å². The fourth-order valence-electron chi connectivity index (χ4n) is 0.965. The second kappa shape index (κ2) is 5.46. The molecule has 0 amide bonds. The van der Waals surface area contributed by atoms with Crippen molar-refractivity contribution in [1.82, 2.24) is 9.97 Å². The Morgan fingerprint density at radius 3 is 2.53 bits per heavy atom. The van der Waals surface area contributed by atoms with Crippen LogP contribution in [-0.4, -0.2) is 28.9 Å². The van der Waals surface area contributed by atoms with Crippen LogP contribution in [0.25, 0.3) is 0 Å². The number of rotatable bonds is 4. The highest BCUT2D eigenvalue weighted by molar-refractivity contribution is 5.71. The van der Waals surface area contributed by atoms with Crippen molar-refractivity contribution in [2.24, 2.45) is 0 Å². The molecule has 1 aromatic rings. The first-order valence-corrected chi connectivity index (χ1v) is 4.63. The van der Waals surface area contributed by atoms with Crippen LogP contribution in [0.2, 0.25) is 0 Å². The molecule has 1 aromatic heterocycles. The van der Waals surface area contributed by atoms with Crippen molar-refractivity contribution < 1.29 is 27.4 Å². The van der Waals surface area contributed by atoms with Crippen molar-refractivity contribution >= 4 is 5.97 Å². The lowest BCUT2D eigenvalue weighted by molar-refractivity contribution is -0.276. The molecule has 0 aromatic carbocycles. The highest BCUT2D eigenvalue weighted by Gasteiger charge is 2.31. The van der Waals surface area contributed by atoms with E-state index in [9.17, 15) is 18.0 Å². The molecule has 0 bridgehead atoms. The maximum Gasteiger partial charge on any atom is 0.574 e. The number of halogens is 3. The Labute approximate surface area is 94.6 Å². The zero-order valence-corrected chi connectivity index (χ0v) is 8.82. The van der Waals surface area contributed by atoms with Crippen LogP contribution >= 0.6 is 0 Å². The van der Waals surface area contributed by atoms with E-state index in [1.165, 1.54) is 0 Å². The van der Waals surface area contributed by atoms with Crippen molar-refractivity contribution in [2.45, 2.75) is 19.7 Å². The van der Waals surface area contributed by atoms with Crippen LogP contribution in [0.1, 0.15) is 12.6 Å². The van der Waals surface area contributed by atoms with Gasteiger partial charge in [-0.1, -0.05) is 0 Å². The zero-order chi connectivity index (χ0) is 12.9. The second-order valence-electron chi connectivity index (χ2n) is 2.88. The average molecular weight is 250 g/mol. The van der Waals surface area contributed by atoms with Gasteiger partial charge in [-0.15, -0.1) is 13.2 Å². The van der Waals surface area contributed by atoms with Crippen LogP contribution in [-0.2, 0) is 16.0 Å². The van der Waals surface area contributed by atoms with E-state index in [-0.39, 0.29) is 18.7 Å². The van der Waals surface area contributed by atoms with Gasteiger partial charge in [-0.25, -0.2) is 4.98 Å². The summed E-state index contributed by atoms with van der Waals surface area (Å²) in [5.74, 6) is -1.20. The molecular formula is C9H9F3N2O3. The lowest BCUT2D eigenvalue weighted by atomic mass is 10.3. The van der Waals surface area contributed by atoms with E-state index in [1.54, 1.807) is 6.92 Å². The Kier molecular flexibility index (Phi) is 4.24. The lowest BCUT2D eigenvalue weighted by Gasteiger charge is -2.07. The Hall–Kier alpha value is -1.86. The van der Waals surface area contributed by atoms with Gasteiger partial charge in [0.2, 0.25) is 5.88 Å². The molecule has 5 nitrogen and oxygen atoms in total. The molecule has 0 spiro atoms. The first-order valence-electron chi connectivity index (χ1n) is 4.63. The molecule has 0 aliphatic heterocycles. The van der Waals surface area contributed by atoms with Crippen LogP contribution in [0, 0.1) is 0 Å². The SMILES string of the molecule is CCOC(=O)Cc1cnc(OC(F)(F)F)cn1. The zero-order valence-electron chi connectivity index (χ0n) is 8.82. The fourth-order valence-corrected chi connectivity index (χ4v) is 0.965. The molecule has 0 saturated heterocycles. The summed E-state index contributed by atoms with van der Waals surface area (Å²) in [5, 5.41) is 0. The molecule has 0 saturated carbocycles. The molecule has 0 fully saturated rings. The smallest absolute Gasteiger partial charge is 0.466 e. The van der Waals surface area contributed by atoms with Gasteiger partial charge >= 0.3 is 12.3 Å². The van der Waals surface area contributed by atoms with Gasteiger partial charge in [0.25, 0.3) is 0 Å². The van der Waals surface area contributed by atoms with Crippen LogP contribution in [0.4, 0.5) is 13.2 Å². The van der Waals surface area contributed by atoms with E-state index < -0.39 is 18.2 Å². The van der Waals surface area contributed by atoms with E-state index in [4.69, 9.17) is 0 Å². The number of carbonyl (C=O) groups is 1. The second-order valence-corrected chi connectivity index (χ2v) is 2.88. The van der Waals surface area contributed by atoms with E-state index in [2.05, 4.69) is 19.4 Å². The monoisotopic (exact) mass is 250 g/mol. The normalized spacial score (nSPS) is 11.1. The number of hydrogen-bond acceptors (Lipinski definition) is 5. The lowest BCUT2D eigenvalue weighted by Crippen LogP contribution is -2.18. The summed E-state index contributed by atoms with van der Waals surface area (Å²) in [4.78, 5) is 18.0. The maximum atomic E-state index is 11.8. The molecule has 0 N–H and O–H groups in total. The molecule has 0 radical (unpaired) electrons. The van der Waals surface area contributed by atoms with Gasteiger partial charge in [-0.3, -0.25) is 9.78 Å². The highest BCUT2D eigenvalue weighted by atomic mass is 19.4. The summed E-state index contributed by atoms with van der Waals surface area (Å²) in [6.07, 6.45) is -3.13. The Balaban J connectivity index is 2.59. The number of carbonyl (C=O) groups excluding carboxylic acids is 1. The summed E-state index contributed by atoms with van der Waals surface area (Å²) >= 11 is 0. The first-order chi connectivity index (χ1) is 7.90. The van der Waals surface area contributed by atoms with E-state index in [1.807, 2.05) is 0 Å². The van der Waals surface area contributed by atoms with E-state index in [0.29, 0.717) is 0 Å². The molecular weight excluding hydrogens is 241 g/mol. The fraction of sp³-hybridized carbons (Fsp3) is 0.444. The minimum absolute atomic E-state index is 0.146. The Bertz CT molecular complexity index is 378. The third-order valence-corrected chi connectivity index (χ3v) is 1.53. The Morgan fingerprint density at radius 1 is 1.35 bits per heavy atom. The van der Waals surface area contributed by atoms with Crippen molar-refractivity contribution in [3.63, 3.8) is 0 Å². The largest absolute Gasteiger partial charge is 0.574 e. The molecule has 17 heavy (non-hydrogen) atoms. The van der Waals surface area contributed by atoms with Gasteiger partial charge in [0.1, 0.15) is 0 Å². The molecule has 0 atom stereocenters. The van der Waals surface area contributed by atoms with Gasteiger partial charge < -0.3 is 9.47 Å². The van der Waals surface area contributed by atoms with Crippen molar-refractivity contribution in [1.29, 1.82) is 0 Å². The van der Waals surface area contributed by atoms with Crippen LogP contribution < -0.4 is 4.74 Å². The molecule has 0 unspecified atom stereocenters. The number of hydrogen-bond donors (Lipinski definition) is 0. The van der Waals surface area contributed by atoms with Crippen molar-refractivity contribution in [2.75, 3.05) is 6.61 Å². The van der Waals surface area contributed by atoms with Gasteiger partial charge in [0.05, 0.1) is 31.1 Å². The number of alkyl halides is 3. The van der Waals surface area contributed by atoms with Crippen molar-refractivity contribution in [3.8, 4) is 5.88 Å². The Morgan fingerprint density at radius 2 is 2.06 bits per heavy atom. The molecule has 8 heteroatoms. The standard InChI is InChI=1S/C9H9F3N2O3/c1-2-16-8(15)3-6-4-14-7(5-13-6)17-9(10,11)12/h4-5H,2-3H2,1H3. The summed E-state index contributed by atoms with van der Waals surface area (Å²) in [5.41, 5.74) is 0.206. The van der Waals surface area contributed by atoms with Gasteiger partial charge in [-0.05, 0) is 6.92 Å². The van der Waals surface area contributed by atoms with Crippen LogP contribution in [0.15, 0.2) is 12.4 Å². The molecule has 0 aliphatic carbocycles. The molecule has 0 aliphatic rings.